The summed E-state index contributed by atoms with van der Waals surface area (Å²) in [5, 5.41) is 5.08. The molecule has 0 saturated carbocycles. The molecule has 6 heteroatoms. The normalized spacial score (nSPS) is 22.0. The molecule has 0 bridgehead atoms. The predicted molar refractivity (Wildman–Crippen MR) is 68.7 cm³/mol. The second kappa shape index (κ2) is 5.57. The van der Waals surface area contributed by atoms with Crippen LogP contribution in [0.25, 0.3) is 0 Å². The van der Waals surface area contributed by atoms with Crippen molar-refractivity contribution >= 4 is 23.2 Å². The van der Waals surface area contributed by atoms with Crippen molar-refractivity contribution in [2.24, 2.45) is 7.05 Å². The third-order valence-electron chi connectivity index (χ3n) is 3.14. The summed E-state index contributed by atoms with van der Waals surface area (Å²) in [6, 6.07) is 0.261. The number of aryl methyl sites for hydroxylation is 2. The van der Waals surface area contributed by atoms with Crippen molar-refractivity contribution in [3.63, 3.8) is 0 Å². The van der Waals surface area contributed by atoms with Gasteiger partial charge in [-0.15, -0.1) is 11.6 Å². The summed E-state index contributed by atoms with van der Waals surface area (Å²) >= 11 is 12.2. The maximum atomic E-state index is 6.25. The van der Waals surface area contributed by atoms with Gasteiger partial charge < -0.3 is 4.74 Å². The van der Waals surface area contributed by atoms with Crippen molar-refractivity contribution in [3.8, 4) is 0 Å². The van der Waals surface area contributed by atoms with Gasteiger partial charge in [-0.2, -0.15) is 5.10 Å². The van der Waals surface area contributed by atoms with Crippen LogP contribution in [0, 0.1) is 6.92 Å². The minimum Gasteiger partial charge on any atom is -0.378 e. The minimum atomic E-state index is 0.261. The van der Waals surface area contributed by atoms with Crippen molar-refractivity contribution in [1.82, 2.24) is 14.7 Å². The average molecular weight is 278 g/mol. The Kier molecular flexibility index (Phi) is 4.31. The Morgan fingerprint density at radius 1 is 1.53 bits per heavy atom. The topological polar surface area (TPSA) is 30.3 Å². The van der Waals surface area contributed by atoms with Crippen LogP contribution in [-0.4, -0.2) is 46.4 Å². The summed E-state index contributed by atoms with van der Waals surface area (Å²) in [5.41, 5.74) is 1.92. The van der Waals surface area contributed by atoms with Crippen LogP contribution >= 0.6 is 23.2 Å². The third kappa shape index (κ3) is 2.76. The van der Waals surface area contributed by atoms with Crippen molar-refractivity contribution in [1.29, 1.82) is 0 Å². The first-order chi connectivity index (χ1) is 8.13. The van der Waals surface area contributed by atoms with Gasteiger partial charge in [-0.3, -0.25) is 9.58 Å². The summed E-state index contributed by atoms with van der Waals surface area (Å²) in [6.07, 6.45) is 0. The summed E-state index contributed by atoms with van der Waals surface area (Å²) in [6.45, 7) is 5.03. The highest BCUT2D eigenvalue weighted by molar-refractivity contribution is 6.31. The highest BCUT2D eigenvalue weighted by atomic mass is 35.5. The maximum absolute atomic E-state index is 6.25. The van der Waals surface area contributed by atoms with Crippen LogP contribution in [0.3, 0.4) is 0 Å². The third-order valence-corrected chi connectivity index (χ3v) is 3.99. The number of rotatable bonds is 3. The van der Waals surface area contributed by atoms with E-state index in [1.54, 1.807) is 0 Å². The van der Waals surface area contributed by atoms with E-state index < -0.39 is 0 Å². The van der Waals surface area contributed by atoms with Gasteiger partial charge in [0.1, 0.15) is 0 Å². The van der Waals surface area contributed by atoms with E-state index in [0.717, 1.165) is 36.1 Å². The zero-order valence-corrected chi connectivity index (χ0v) is 11.6. The first-order valence-electron chi connectivity index (χ1n) is 5.69. The van der Waals surface area contributed by atoms with E-state index in [2.05, 4.69) is 10.00 Å². The molecule has 1 aromatic heterocycles. The molecule has 0 aliphatic carbocycles. The fourth-order valence-electron chi connectivity index (χ4n) is 2.08. The molecule has 1 aliphatic rings. The van der Waals surface area contributed by atoms with E-state index >= 15 is 0 Å². The van der Waals surface area contributed by atoms with Gasteiger partial charge in [0.05, 0.1) is 29.6 Å². The molecule has 1 aliphatic heterocycles. The average Bonchev–Trinajstić information content (AvgIpc) is 2.57. The second-order valence-corrected chi connectivity index (χ2v) is 5.01. The molecule has 0 amide bonds. The van der Waals surface area contributed by atoms with Gasteiger partial charge in [0.15, 0.2) is 0 Å². The van der Waals surface area contributed by atoms with E-state index in [1.807, 2.05) is 18.7 Å². The molecule has 17 heavy (non-hydrogen) atoms. The summed E-state index contributed by atoms with van der Waals surface area (Å²) < 4.78 is 7.27. The smallest absolute Gasteiger partial charge is 0.0860 e. The first kappa shape index (κ1) is 13.1. The van der Waals surface area contributed by atoms with E-state index in [-0.39, 0.29) is 6.04 Å². The number of ether oxygens (including phenoxy) is 1. The van der Waals surface area contributed by atoms with Crippen molar-refractivity contribution in [2.75, 3.05) is 25.6 Å². The zero-order valence-electron chi connectivity index (χ0n) is 10.1. The Morgan fingerprint density at radius 3 is 2.88 bits per heavy atom. The van der Waals surface area contributed by atoms with Gasteiger partial charge in [-0.05, 0) is 6.92 Å². The zero-order chi connectivity index (χ0) is 12.4. The molecule has 1 aromatic rings. The molecule has 1 saturated heterocycles. The van der Waals surface area contributed by atoms with Gasteiger partial charge in [-0.1, -0.05) is 11.6 Å². The fourth-order valence-corrected chi connectivity index (χ4v) is 2.59. The van der Waals surface area contributed by atoms with E-state index in [0.29, 0.717) is 12.5 Å². The number of aromatic nitrogens is 2. The molecular weight excluding hydrogens is 261 g/mol. The molecule has 0 spiro atoms. The number of morpholine rings is 1. The standard InChI is InChI=1S/C11H17Cl2N3O/c1-8-11(13)10(15(2)14-8)6-16-3-4-17-7-9(16)5-12/h9H,3-7H2,1-2H3. The Bertz CT molecular complexity index is 394. The molecule has 0 radical (unpaired) electrons. The van der Waals surface area contributed by atoms with Crippen LogP contribution in [0.15, 0.2) is 0 Å². The summed E-state index contributed by atoms with van der Waals surface area (Å²) in [4.78, 5) is 2.30. The largest absolute Gasteiger partial charge is 0.378 e. The molecule has 1 unspecified atom stereocenters. The summed E-state index contributed by atoms with van der Waals surface area (Å²) in [7, 11) is 1.92. The molecule has 0 N–H and O–H groups in total. The van der Waals surface area contributed by atoms with Crippen LogP contribution in [0.5, 0.6) is 0 Å². The van der Waals surface area contributed by atoms with Crippen molar-refractivity contribution < 1.29 is 4.74 Å². The van der Waals surface area contributed by atoms with E-state index in [4.69, 9.17) is 27.9 Å². The molecule has 2 heterocycles. The van der Waals surface area contributed by atoms with Gasteiger partial charge in [0.25, 0.3) is 0 Å². The molecule has 0 aromatic carbocycles. The monoisotopic (exact) mass is 277 g/mol. The Balaban J connectivity index is 2.13. The van der Waals surface area contributed by atoms with E-state index in [1.165, 1.54) is 0 Å². The Labute approximate surface area is 111 Å². The van der Waals surface area contributed by atoms with Crippen LogP contribution < -0.4 is 0 Å². The van der Waals surface area contributed by atoms with Gasteiger partial charge in [-0.25, -0.2) is 0 Å². The Hall–Kier alpha value is -0.290. The summed E-state index contributed by atoms with van der Waals surface area (Å²) in [5.74, 6) is 0.578. The SMILES string of the molecule is Cc1nn(C)c(CN2CCOCC2CCl)c1Cl. The van der Waals surface area contributed by atoms with Gasteiger partial charge in [0, 0.05) is 32.1 Å². The van der Waals surface area contributed by atoms with Crippen LogP contribution in [0.1, 0.15) is 11.4 Å². The Morgan fingerprint density at radius 2 is 2.29 bits per heavy atom. The number of halogens is 2. The number of hydrogen-bond donors (Lipinski definition) is 0. The molecule has 96 valence electrons. The number of hydrogen-bond acceptors (Lipinski definition) is 3. The lowest BCUT2D eigenvalue weighted by atomic mass is 10.2. The number of alkyl halides is 1. The lowest BCUT2D eigenvalue weighted by Gasteiger charge is -2.34. The minimum absolute atomic E-state index is 0.261. The van der Waals surface area contributed by atoms with Crippen molar-refractivity contribution in [3.05, 3.63) is 16.4 Å². The fraction of sp³-hybridized carbons (Fsp3) is 0.727. The second-order valence-electron chi connectivity index (χ2n) is 4.32. The maximum Gasteiger partial charge on any atom is 0.0860 e. The lowest BCUT2D eigenvalue weighted by molar-refractivity contribution is -0.00403. The quantitative estimate of drug-likeness (QED) is 0.790. The molecule has 1 fully saturated rings. The molecule has 1 atom stereocenters. The number of nitrogens with zero attached hydrogens (tertiary/aromatic N) is 3. The van der Waals surface area contributed by atoms with Crippen LogP contribution in [0.2, 0.25) is 5.02 Å². The first-order valence-corrected chi connectivity index (χ1v) is 6.60. The van der Waals surface area contributed by atoms with Crippen LogP contribution in [-0.2, 0) is 18.3 Å². The highest BCUT2D eigenvalue weighted by Crippen LogP contribution is 2.22. The molecule has 4 nitrogen and oxygen atoms in total. The van der Waals surface area contributed by atoms with Crippen molar-refractivity contribution in [2.45, 2.75) is 19.5 Å². The predicted octanol–water partition coefficient (Wildman–Crippen LogP) is 1.82. The molecule has 2 rings (SSSR count). The van der Waals surface area contributed by atoms with Crippen LogP contribution in [0.4, 0.5) is 0 Å². The molecular formula is C11H17Cl2N3O. The van der Waals surface area contributed by atoms with Gasteiger partial charge >= 0.3 is 0 Å². The van der Waals surface area contributed by atoms with E-state index in [9.17, 15) is 0 Å². The van der Waals surface area contributed by atoms with Gasteiger partial charge in [0.2, 0.25) is 0 Å². The lowest BCUT2D eigenvalue weighted by Crippen LogP contribution is -2.46. The highest BCUT2D eigenvalue weighted by Gasteiger charge is 2.24.